The lowest BCUT2D eigenvalue weighted by atomic mass is 9.88. The third kappa shape index (κ3) is 3.99. The van der Waals surface area contributed by atoms with Crippen molar-refractivity contribution in [3.05, 3.63) is 71.3 Å². The molecule has 0 spiro atoms. The van der Waals surface area contributed by atoms with Crippen molar-refractivity contribution in [2.45, 2.75) is 44.6 Å². The Bertz CT molecular complexity index is 1660. The number of nitrogens with one attached hydrogen (secondary N) is 1. The van der Waals surface area contributed by atoms with E-state index in [1.54, 1.807) is 0 Å². The molecule has 10 heteroatoms. The number of rotatable bonds is 5. The van der Waals surface area contributed by atoms with Crippen molar-refractivity contribution in [2.75, 3.05) is 0 Å². The molecule has 0 bridgehead atoms. The van der Waals surface area contributed by atoms with Gasteiger partial charge in [-0.1, -0.05) is 67.8 Å². The minimum absolute atomic E-state index is 0.139. The van der Waals surface area contributed by atoms with Gasteiger partial charge in [-0.25, -0.2) is 4.98 Å². The van der Waals surface area contributed by atoms with Gasteiger partial charge in [-0.05, 0) is 34.7 Å². The van der Waals surface area contributed by atoms with Crippen LogP contribution in [0.2, 0.25) is 0 Å². The molecule has 3 aromatic heterocycles. The predicted octanol–water partition coefficient (Wildman–Crippen LogP) is 4.51. The fraction of sp³-hybridized carbons (Fsp3) is 0.259. The van der Waals surface area contributed by atoms with E-state index in [1.807, 2.05) is 36.4 Å². The molecule has 6 rings (SSSR count). The second-order valence-electron chi connectivity index (χ2n) is 9.15. The average Bonchev–Trinajstić information content (AvgIpc) is 3.63. The number of aromatic nitrogens is 8. The summed E-state index contributed by atoms with van der Waals surface area (Å²) in [5, 5.41) is 42.3. The Balaban J connectivity index is 1.55. The minimum Gasteiger partial charge on any atom is -0.321 e. The highest BCUT2D eigenvalue weighted by Crippen LogP contribution is 2.37. The van der Waals surface area contributed by atoms with Crippen molar-refractivity contribution >= 4 is 11.0 Å². The zero-order valence-corrected chi connectivity index (χ0v) is 20.0. The van der Waals surface area contributed by atoms with Crippen molar-refractivity contribution in [1.29, 1.82) is 10.5 Å². The number of nitrogens with zero attached hydrogens (tertiary/aromatic N) is 9. The van der Waals surface area contributed by atoms with E-state index >= 15 is 0 Å². The van der Waals surface area contributed by atoms with Crippen molar-refractivity contribution < 1.29 is 0 Å². The summed E-state index contributed by atoms with van der Waals surface area (Å²) in [6, 6.07) is 20.4. The summed E-state index contributed by atoms with van der Waals surface area (Å²) in [4.78, 5) is 4.93. The number of tetrazole rings is 1. The molecule has 1 fully saturated rings. The molecule has 37 heavy (non-hydrogen) atoms. The molecule has 0 aliphatic heterocycles. The van der Waals surface area contributed by atoms with Gasteiger partial charge in [0.05, 0.1) is 6.54 Å². The molecule has 0 unspecified atom stereocenters. The summed E-state index contributed by atoms with van der Waals surface area (Å²) in [5.41, 5.74) is 5.21. The molecular formula is C27H22N10. The smallest absolute Gasteiger partial charge is 0.205 e. The van der Waals surface area contributed by atoms with Crippen LogP contribution in [-0.2, 0) is 6.54 Å². The lowest BCUT2D eigenvalue weighted by molar-refractivity contribution is 0.420. The first-order chi connectivity index (χ1) is 18.3. The number of hydrogen-bond donors (Lipinski definition) is 1. The molecule has 0 radical (unpaired) electrons. The Morgan fingerprint density at radius 1 is 0.838 bits per heavy atom. The second kappa shape index (κ2) is 9.59. The molecule has 1 saturated carbocycles. The fourth-order valence-electron chi connectivity index (χ4n) is 5.33. The number of benzene rings is 2. The first-order valence-corrected chi connectivity index (χ1v) is 12.3. The third-order valence-electron chi connectivity index (χ3n) is 7.03. The van der Waals surface area contributed by atoms with Crippen LogP contribution in [0.15, 0.2) is 48.5 Å². The number of H-pyrrole nitrogens is 1. The zero-order chi connectivity index (χ0) is 25.2. The van der Waals surface area contributed by atoms with E-state index in [4.69, 9.17) is 4.98 Å². The molecule has 180 valence electrons. The van der Waals surface area contributed by atoms with Crippen LogP contribution in [0.25, 0.3) is 33.5 Å². The minimum atomic E-state index is 0.139. The van der Waals surface area contributed by atoms with Gasteiger partial charge >= 0.3 is 0 Å². The highest BCUT2D eigenvalue weighted by molar-refractivity contribution is 5.85. The van der Waals surface area contributed by atoms with Crippen LogP contribution in [-0.4, -0.2) is 40.4 Å². The molecule has 3 heterocycles. The summed E-state index contributed by atoms with van der Waals surface area (Å²) in [5.74, 6) is 1.65. The maximum absolute atomic E-state index is 9.88. The summed E-state index contributed by atoms with van der Waals surface area (Å²) >= 11 is 0. The number of aromatic amines is 1. The van der Waals surface area contributed by atoms with Crippen LogP contribution in [0.5, 0.6) is 0 Å². The third-order valence-corrected chi connectivity index (χ3v) is 7.03. The Kier molecular flexibility index (Phi) is 5.83. The highest BCUT2D eigenvalue weighted by atomic mass is 15.5. The molecule has 2 aromatic carbocycles. The summed E-state index contributed by atoms with van der Waals surface area (Å²) < 4.78 is 2.08. The maximum Gasteiger partial charge on any atom is 0.205 e. The van der Waals surface area contributed by atoms with Crippen LogP contribution in [0.3, 0.4) is 0 Å². The van der Waals surface area contributed by atoms with Gasteiger partial charge in [0.2, 0.25) is 5.82 Å². The summed E-state index contributed by atoms with van der Waals surface area (Å²) in [6.07, 6.45) is 5.53. The van der Waals surface area contributed by atoms with Crippen molar-refractivity contribution in [1.82, 2.24) is 40.4 Å². The van der Waals surface area contributed by atoms with Gasteiger partial charge in [0.1, 0.15) is 29.0 Å². The van der Waals surface area contributed by atoms with Crippen LogP contribution in [0.1, 0.15) is 60.8 Å². The lowest BCUT2D eigenvalue weighted by Crippen LogP contribution is -2.14. The predicted molar refractivity (Wildman–Crippen MR) is 135 cm³/mol. The van der Waals surface area contributed by atoms with E-state index in [9.17, 15) is 10.5 Å². The second-order valence-corrected chi connectivity index (χ2v) is 9.15. The van der Waals surface area contributed by atoms with Crippen molar-refractivity contribution in [2.24, 2.45) is 0 Å². The SMILES string of the molecule is N#Cc1nnc(C#N)c2c1nc(C1CCCCC1)n2Cc1ccccc1-c1ccccc1-c1nn[nH]n1. The van der Waals surface area contributed by atoms with E-state index < -0.39 is 0 Å². The van der Waals surface area contributed by atoms with E-state index in [1.165, 1.54) is 6.42 Å². The Hall–Kier alpha value is -4.96. The molecule has 5 aromatic rings. The van der Waals surface area contributed by atoms with E-state index in [-0.39, 0.29) is 17.3 Å². The van der Waals surface area contributed by atoms with Gasteiger partial charge in [-0.15, -0.1) is 20.4 Å². The van der Waals surface area contributed by atoms with Gasteiger partial charge in [0, 0.05) is 11.5 Å². The van der Waals surface area contributed by atoms with Crippen LogP contribution >= 0.6 is 0 Å². The molecule has 1 aliphatic rings. The molecule has 0 saturated heterocycles. The number of imidazole rings is 1. The van der Waals surface area contributed by atoms with E-state index in [0.717, 1.165) is 53.8 Å². The van der Waals surface area contributed by atoms with Crippen molar-refractivity contribution in [3.63, 3.8) is 0 Å². The Morgan fingerprint density at radius 2 is 1.54 bits per heavy atom. The lowest BCUT2D eigenvalue weighted by Gasteiger charge is -2.23. The quantitative estimate of drug-likeness (QED) is 0.382. The topological polar surface area (TPSA) is 146 Å². The maximum atomic E-state index is 9.88. The molecule has 0 atom stereocenters. The van der Waals surface area contributed by atoms with Gasteiger partial charge in [0.25, 0.3) is 0 Å². The van der Waals surface area contributed by atoms with Gasteiger partial charge in [-0.3, -0.25) is 0 Å². The van der Waals surface area contributed by atoms with Crippen LogP contribution in [0.4, 0.5) is 0 Å². The normalized spacial score (nSPS) is 13.9. The fourth-order valence-corrected chi connectivity index (χ4v) is 5.33. The molecule has 0 amide bonds. The van der Waals surface area contributed by atoms with E-state index in [2.05, 4.69) is 59.7 Å². The largest absolute Gasteiger partial charge is 0.321 e. The molecular weight excluding hydrogens is 464 g/mol. The Labute approximate surface area is 212 Å². The average molecular weight is 487 g/mol. The van der Waals surface area contributed by atoms with Crippen LogP contribution < -0.4 is 0 Å². The van der Waals surface area contributed by atoms with Gasteiger partial charge < -0.3 is 4.57 Å². The number of nitriles is 2. The number of hydrogen-bond acceptors (Lipinski definition) is 8. The van der Waals surface area contributed by atoms with Crippen molar-refractivity contribution in [3.8, 4) is 34.7 Å². The Morgan fingerprint density at radius 3 is 2.27 bits per heavy atom. The summed E-state index contributed by atoms with van der Waals surface area (Å²) in [6.45, 7) is 0.463. The molecule has 1 aliphatic carbocycles. The standard InChI is InChI=1S/C27H22N10/c28-14-22-24-25(23(15-29)32-31-22)37(27(30-24)17-8-2-1-3-9-17)16-18-10-4-5-11-19(18)20-12-6-7-13-21(20)26-33-35-36-34-26/h4-7,10-13,17H,1-3,8-9,16H2,(H,33,34,35,36). The zero-order valence-electron chi connectivity index (χ0n) is 20.0. The number of fused-ring (bicyclic) bond motifs is 1. The van der Waals surface area contributed by atoms with Gasteiger partial charge in [-0.2, -0.15) is 15.7 Å². The first kappa shape index (κ1) is 22.5. The van der Waals surface area contributed by atoms with Crippen LogP contribution in [0, 0.1) is 22.7 Å². The highest BCUT2D eigenvalue weighted by Gasteiger charge is 2.27. The first-order valence-electron chi connectivity index (χ1n) is 12.3. The van der Waals surface area contributed by atoms with Gasteiger partial charge in [0.15, 0.2) is 11.4 Å². The molecule has 10 nitrogen and oxygen atoms in total. The summed E-state index contributed by atoms with van der Waals surface area (Å²) in [7, 11) is 0. The molecule has 1 N–H and O–H groups in total. The monoisotopic (exact) mass is 486 g/mol. The van der Waals surface area contributed by atoms with E-state index in [0.29, 0.717) is 23.4 Å².